The van der Waals surface area contributed by atoms with Crippen molar-refractivity contribution in [2.45, 2.75) is 13.8 Å². The number of carbonyl (C=O) groups is 2. The first-order valence-corrected chi connectivity index (χ1v) is 8.15. The minimum Gasteiger partial charge on any atom is -0.526 e. The molecule has 27 heavy (non-hydrogen) atoms. The lowest BCUT2D eigenvalue weighted by atomic mass is 10.2. The summed E-state index contributed by atoms with van der Waals surface area (Å²) in [6, 6.07) is 7.11. The zero-order chi connectivity index (χ0) is 19.8. The van der Waals surface area contributed by atoms with E-state index in [1.165, 1.54) is 24.3 Å². The lowest BCUT2D eigenvalue weighted by Gasteiger charge is -2.10. The quantitative estimate of drug-likeness (QED) is 0.520. The minimum atomic E-state index is -0.790. The van der Waals surface area contributed by atoms with Crippen LogP contribution in [-0.2, 0) is 9.47 Å². The summed E-state index contributed by atoms with van der Waals surface area (Å²) in [5, 5.41) is 0. The van der Waals surface area contributed by atoms with Crippen molar-refractivity contribution in [3.05, 3.63) is 59.2 Å². The van der Waals surface area contributed by atoms with Gasteiger partial charge in [0.05, 0.1) is 24.3 Å². The summed E-state index contributed by atoms with van der Waals surface area (Å²) in [6.45, 7) is 3.63. The van der Waals surface area contributed by atoms with Gasteiger partial charge in [-0.3, -0.25) is 0 Å². The fourth-order valence-electron chi connectivity index (χ4n) is 2.08. The van der Waals surface area contributed by atoms with Crippen molar-refractivity contribution in [2.75, 3.05) is 13.2 Å². The van der Waals surface area contributed by atoms with Crippen LogP contribution in [-0.4, -0.2) is 32.8 Å². The van der Waals surface area contributed by atoms with Crippen molar-refractivity contribution >= 4 is 19.6 Å². The summed E-state index contributed by atoms with van der Waals surface area (Å²) in [7, 11) is -0.481. The molecule has 0 spiro atoms. The predicted molar refractivity (Wildman–Crippen MR) is 93.1 cm³/mol. The number of esters is 2. The van der Waals surface area contributed by atoms with Crippen LogP contribution in [0.1, 0.15) is 34.6 Å². The highest BCUT2D eigenvalue weighted by Crippen LogP contribution is 2.21. The number of hydrogen-bond donors (Lipinski definition) is 0. The van der Waals surface area contributed by atoms with Crippen LogP contribution in [0.25, 0.3) is 0 Å². The molecule has 0 N–H and O–H groups in total. The van der Waals surface area contributed by atoms with E-state index in [1.54, 1.807) is 13.8 Å². The third kappa shape index (κ3) is 5.44. The topological polar surface area (TPSA) is 71.1 Å². The van der Waals surface area contributed by atoms with Gasteiger partial charge in [0.2, 0.25) is 0 Å². The number of benzene rings is 2. The smallest absolute Gasteiger partial charge is 0.526 e. The highest BCUT2D eigenvalue weighted by atomic mass is 19.1. The Balaban J connectivity index is 1.96. The van der Waals surface area contributed by atoms with Gasteiger partial charge in [0.25, 0.3) is 0 Å². The highest BCUT2D eigenvalue weighted by Gasteiger charge is 2.14. The molecule has 0 amide bonds. The number of halogens is 2. The standard InChI is InChI=1S/C18H17BF2O6/c1-3-24-17(22)11-5-7-15(13(20)9-11)26-19-27-16-8-6-12(10-14(16)21)18(23)25-4-2/h5-10,19H,3-4H2,1-2H3. The van der Waals surface area contributed by atoms with Crippen molar-refractivity contribution < 1.29 is 37.2 Å². The van der Waals surface area contributed by atoms with Gasteiger partial charge >= 0.3 is 19.6 Å². The first-order chi connectivity index (χ1) is 13.0. The summed E-state index contributed by atoms with van der Waals surface area (Å²) in [5.41, 5.74) is 0.0893. The maximum Gasteiger partial charge on any atom is 0.576 e. The van der Waals surface area contributed by atoms with Crippen LogP contribution in [0.2, 0.25) is 0 Å². The molecule has 0 aliphatic rings. The molecule has 0 fully saturated rings. The molecule has 2 aromatic rings. The van der Waals surface area contributed by atoms with Crippen molar-refractivity contribution in [3.8, 4) is 11.5 Å². The Morgan fingerprint density at radius 2 is 1.22 bits per heavy atom. The molecule has 0 bridgehead atoms. The molecule has 0 aliphatic carbocycles. The molecule has 0 heterocycles. The third-order valence-corrected chi connectivity index (χ3v) is 3.31. The van der Waals surface area contributed by atoms with Crippen LogP contribution in [0.15, 0.2) is 36.4 Å². The number of rotatable bonds is 8. The molecule has 0 unspecified atom stereocenters. The Hall–Kier alpha value is -3.10. The van der Waals surface area contributed by atoms with Gasteiger partial charge in [0.1, 0.15) is 11.5 Å². The molecule has 142 valence electrons. The fourth-order valence-corrected chi connectivity index (χ4v) is 2.08. The lowest BCUT2D eigenvalue weighted by molar-refractivity contribution is 0.0516. The monoisotopic (exact) mass is 378 g/mol. The van der Waals surface area contributed by atoms with E-state index in [1.807, 2.05) is 0 Å². The van der Waals surface area contributed by atoms with Gasteiger partial charge in [0.15, 0.2) is 11.6 Å². The van der Waals surface area contributed by atoms with E-state index in [0.29, 0.717) is 0 Å². The zero-order valence-electron chi connectivity index (χ0n) is 14.8. The molecule has 0 saturated heterocycles. The first kappa shape index (κ1) is 20.2. The molecule has 0 radical (unpaired) electrons. The van der Waals surface area contributed by atoms with E-state index in [4.69, 9.17) is 18.8 Å². The normalized spacial score (nSPS) is 10.1. The van der Waals surface area contributed by atoms with Crippen molar-refractivity contribution in [3.63, 3.8) is 0 Å². The molecule has 0 aliphatic heterocycles. The summed E-state index contributed by atoms with van der Waals surface area (Å²) in [6.07, 6.45) is 0. The van der Waals surface area contributed by atoms with Crippen LogP contribution >= 0.6 is 0 Å². The van der Waals surface area contributed by atoms with Gasteiger partial charge in [-0.1, -0.05) is 0 Å². The highest BCUT2D eigenvalue weighted by molar-refractivity contribution is 6.20. The lowest BCUT2D eigenvalue weighted by Crippen LogP contribution is -2.14. The third-order valence-electron chi connectivity index (χ3n) is 3.31. The molecular weight excluding hydrogens is 361 g/mol. The molecule has 0 aromatic heterocycles. The van der Waals surface area contributed by atoms with E-state index in [0.717, 1.165) is 12.1 Å². The van der Waals surface area contributed by atoms with Crippen LogP contribution < -0.4 is 9.31 Å². The SMILES string of the molecule is CCOC(=O)c1ccc(OBOc2ccc(C(=O)OCC)cc2F)c(F)c1. The van der Waals surface area contributed by atoms with Crippen molar-refractivity contribution in [1.29, 1.82) is 0 Å². The second-order valence-electron chi connectivity index (χ2n) is 5.14. The van der Waals surface area contributed by atoms with Crippen molar-refractivity contribution in [1.82, 2.24) is 0 Å². The zero-order valence-corrected chi connectivity index (χ0v) is 14.8. The Morgan fingerprint density at radius 1 is 0.815 bits per heavy atom. The van der Waals surface area contributed by atoms with Crippen LogP contribution in [0.5, 0.6) is 11.5 Å². The molecule has 6 nitrogen and oxygen atoms in total. The molecule has 0 saturated carbocycles. The summed E-state index contributed by atoms with van der Waals surface area (Å²) in [4.78, 5) is 23.1. The van der Waals surface area contributed by atoms with Crippen molar-refractivity contribution in [2.24, 2.45) is 0 Å². The van der Waals surface area contributed by atoms with Crippen LogP contribution in [0, 0.1) is 11.6 Å². The predicted octanol–water partition coefficient (Wildman–Crippen LogP) is 3.04. The summed E-state index contributed by atoms with van der Waals surface area (Å²) >= 11 is 0. The molecule has 9 heteroatoms. The minimum absolute atomic E-state index is 0.0446. The molecular formula is C18H17BF2O6. The first-order valence-electron chi connectivity index (χ1n) is 8.15. The molecule has 0 atom stereocenters. The number of carbonyl (C=O) groups excluding carboxylic acids is 2. The van der Waals surface area contributed by atoms with E-state index in [2.05, 4.69) is 0 Å². The second-order valence-corrected chi connectivity index (χ2v) is 5.14. The van der Waals surface area contributed by atoms with Crippen LogP contribution in [0.4, 0.5) is 8.78 Å². The maximum atomic E-state index is 14.0. The van der Waals surface area contributed by atoms with Gasteiger partial charge in [-0.2, -0.15) is 0 Å². The number of hydrogen-bond acceptors (Lipinski definition) is 6. The Morgan fingerprint density at radius 3 is 1.56 bits per heavy atom. The van der Waals surface area contributed by atoms with Gasteiger partial charge < -0.3 is 18.8 Å². The average Bonchev–Trinajstić information content (AvgIpc) is 2.64. The van der Waals surface area contributed by atoms with Gasteiger partial charge in [-0.05, 0) is 50.2 Å². The maximum absolute atomic E-state index is 14.0. The Bertz CT molecular complexity index is 760. The fraction of sp³-hybridized carbons (Fsp3) is 0.222. The van der Waals surface area contributed by atoms with Gasteiger partial charge in [-0.25, -0.2) is 18.4 Å². The van der Waals surface area contributed by atoms with E-state index in [9.17, 15) is 18.4 Å². The van der Waals surface area contributed by atoms with E-state index >= 15 is 0 Å². The summed E-state index contributed by atoms with van der Waals surface area (Å²) < 4.78 is 47.7. The van der Waals surface area contributed by atoms with Gasteiger partial charge in [-0.15, -0.1) is 0 Å². The largest absolute Gasteiger partial charge is 0.576 e. The average molecular weight is 378 g/mol. The Kier molecular flexibility index (Phi) is 7.16. The number of ether oxygens (including phenoxy) is 2. The van der Waals surface area contributed by atoms with E-state index < -0.39 is 31.3 Å². The van der Waals surface area contributed by atoms with Gasteiger partial charge in [0, 0.05) is 0 Å². The summed E-state index contributed by atoms with van der Waals surface area (Å²) in [5.74, 6) is -3.23. The molecule has 2 aromatic carbocycles. The Labute approximate surface area is 155 Å². The molecule has 2 rings (SSSR count). The van der Waals surface area contributed by atoms with Crippen LogP contribution in [0.3, 0.4) is 0 Å². The van der Waals surface area contributed by atoms with E-state index in [-0.39, 0.29) is 35.8 Å². The second kappa shape index (κ2) is 9.56.